The Bertz CT molecular complexity index is 1280. The molecule has 1 saturated heterocycles. The van der Waals surface area contributed by atoms with Gasteiger partial charge in [0.15, 0.2) is 10.7 Å². The lowest BCUT2D eigenvalue weighted by atomic mass is 9.98. The Morgan fingerprint density at radius 2 is 1.78 bits per heavy atom. The molecule has 1 atom stereocenters. The zero-order chi connectivity index (χ0) is 22.4. The first-order chi connectivity index (χ1) is 15.4. The molecule has 0 aromatic heterocycles. The number of nitrogens with zero attached hydrogens (tertiary/aromatic N) is 2. The van der Waals surface area contributed by atoms with Gasteiger partial charge in [0.1, 0.15) is 11.9 Å². The van der Waals surface area contributed by atoms with Crippen LogP contribution >= 0.6 is 11.6 Å². The molecule has 2 aliphatic heterocycles. The minimum atomic E-state index is -2.64. The van der Waals surface area contributed by atoms with Gasteiger partial charge in [-0.1, -0.05) is 29.8 Å². The number of rotatable bonds is 4. The molecule has 0 saturated carbocycles. The van der Waals surface area contributed by atoms with Crippen LogP contribution in [0.2, 0.25) is 5.02 Å². The molecule has 3 aromatic rings. The molecule has 8 heteroatoms. The van der Waals surface area contributed by atoms with Crippen molar-refractivity contribution in [3.63, 3.8) is 0 Å². The van der Waals surface area contributed by atoms with Crippen LogP contribution in [-0.4, -0.2) is 33.5 Å². The molecule has 1 amide bonds. The molecule has 2 aliphatic rings. The molecular formula is C24H20ClFN2O3S. The highest BCUT2D eigenvalue weighted by atomic mass is 35.5. The molecule has 0 radical (unpaired) electrons. The maximum Gasteiger partial charge on any atom is 0.249 e. The molecule has 3 aromatic carbocycles. The summed E-state index contributed by atoms with van der Waals surface area (Å²) in [5.41, 5.74) is 4.70. The minimum Gasteiger partial charge on any atom is -0.359 e. The van der Waals surface area contributed by atoms with E-state index in [1.165, 1.54) is 18.2 Å². The molecule has 0 spiro atoms. The summed E-state index contributed by atoms with van der Waals surface area (Å²) in [7, 11) is -2.64. The molecule has 32 heavy (non-hydrogen) atoms. The van der Waals surface area contributed by atoms with Crippen molar-refractivity contribution in [2.24, 2.45) is 0 Å². The second kappa shape index (κ2) is 8.22. The van der Waals surface area contributed by atoms with Crippen LogP contribution in [0.3, 0.4) is 0 Å². The molecule has 0 unspecified atom stereocenters. The van der Waals surface area contributed by atoms with Crippen LogP contribution in [0.1, 0.15) is 12.0 Å². The number of carbonyl (C=O) groups is 1. The highest BCUT2D eigenvalue weighted by Gasteiger charge is 2.39. The van der Waals surface area contributed by atoms with Gasteiger partial charge in [-0.3, -0.25) is 4.79 Å². The number of carbonyl (C=O) groups excluding carboxylic acids is 1. The zero-order valence-corrected chi connectivity index (χ0v) is 18.7. The lowest BCUT2D eigenvalue weighted by molar-refractivity contribution is -0.118. The average Bonchev–Trinajstić information content (AvgIpc) is 3.39. The lowest BCUT2D eigenvalue weighted by Crippen LogP contribution is -2.41. The van der Waals surface area contributed by atoms with Crippen LogP contribution in [-0.2, 0) is 21.9 Å². The van der Waals surface area contributed by atoms with Crippen LogP contribution in [0.5, 0.6) is 0 Å². The third-order valence-corrected chi connectivity index (χ3v) is 7.23. The van der Waals surface area contributed by atoms with E-state index < -0.39 is 16.5 Å². The summed E-state index contributed by atoms with van der Waals surface area (Å²) in [6.45, 7) is 1.30. The fourth-order valence-electron chi connectivity index (χ4n) is 4.68. The van der Waals surface area contributed by atoms with Crippen LogP contribution in [0.4, 0.5) is 15.8 Å². The van der Waals surface area contributed by atoms with E-state index in [9.17, 15) is 17.6 Å². The molecule has 5 nitrogen and oxygen atoms in total. The minimum absolute atomic E-state index is 0.00680. The smallest absolute Gasteiger partial charge is 0.249 e. The number of amides is 1. The van der Waals surface area contributed by atoms with Gasteiger partial charge in [0.05, 0.1) is 9.92 Å². The normalized spacial score (nSPS) is 18.0. The van der Waals surface area contributed by atoms with Crippen LogP contribution < -0.4 is 9.80 Å². The maximum atomic E-state index is 13.6. The highest BCUT2D eigenvalue weighted by molar-refractivity contribution is 7.72. The highest BCUT2D eigenvalue weighted by Crippen LogP contribution is 2.40. The van der Waals surface area contributed by atoms with Crippen molar-refractivity contribution in [3.05, 3.63) is 77.1 Å². The molecule has 0 bridgehead atoms. The first-order valence-electron chi connectivity index (χ1n) is 10.3. The van der Waals surface area contributed by atoms with E-state index in [1.807, 2.05) is 18.2 Å². The summed E-state index contributed by atoms with van der Waals surface area (Å²) < 4.78 is 35.9. The van der Waals surface area contributed by atoms with E-state index >= 15 is 0 Å². The summed E-state index contributed by atoms with van der Waals surface area (Å²) >= 11 is 6.00. The van der Waals surface area contributed by atoms with Crippen molar-refractivity contribution < 1.29 is 17.6 Å². The summed E-state index contributed by atoms with van der Waals surface area (Å²) in [5.74, 6) is -0.441. The van der Waals surface area contributed by atoms with E-state index in [1.54, 1.807) is 29.2 Å². The Hall–Kier alpha value is -2.90. The molecular weight excluding hydrogens is 451 g/mol. The van der Waals surface area contributed by atoms with Gasteiger partial charge in [-0.05, 0) is 72.0 Å². The van der Waals surface area contributed by atoms with E-state index in [2.05, 4.69) is 4.90 Å². The van der Waals surface area contributed by atoms with Crippen molar-refractivity contribution in [2.45, 2.75) is 23.8 Å². The predicted octanol–water partition coefficient (Wildman–Crippen LogP) is 4.28. The number of anilines is 2. The number of halogens is 2. The van der Waals surface area contributed by atoms with Gasteiger partial charge < -0.3 is 9.80 Å². The molecule has 0 aliphatic carbocycles. The zero-order valence-electron chi connectivity index (χ0n) is 17.0. The number of fused-ring (bicyclic) bond motifs is 1. The summed E-state index contributed by atoms with van der Waals surface area (Å²) in [6, 6.07) is 16.8. The van der Waals surface area contributed by atoms with Crippen molar-refractivity contribution in [2.75, 3.05) is 22.9 Å². The molecule has 2 heterocycles. The summed E-state index contributed by atoms with van der Waals surface area (Å²) in [5, 5.41) is 0.0871. The maximum absolute atomic E-state index is 13.6. The quantitative estimate of drug-likeness (QED) is 0.578. The summed E-state index contributed by atoms with van der Waals surface area (Å²) in [4.78, 5) is 17.4. The fourth-order valence-corrected chi connectivity index (χ4v) is 5.25. The Morgan fingerprint density at radius 3 is 2.50 bits per heavy atom. The van der Waals surface area contributed by atoms with Crippen LogP contribution in [0, 0.1) is 5.82 Å². The van der Waals surface area contributed by atoms with Gasteiger partial charge in [0, 0.05) is 24.5 Å². The molecule has 164 valence electrons. The standard InChI is InChI=1S/C24H20ClFN2O3S/c25-20-14-15(4-9-21(20)26)18-2-1-3-22-19(18)10-12-28(22)23-11-13-27(24(23)29)16-5-7-17(8-6-16)32(30)31/h1-9,14,23,32H,10-13H2/t23-/m0/s1. The van der Waals surface area contributed by atoms with Gasteiger partial charge in [-0.2, -0.15) is 0 Å². The second-order valence-electron chi connectivity index (χ2n) is 7.94. The van der Waals surface area contributed by atoms with Crippen LogP contribution in [0.25, 0.3) is 11.1 Å². The first-order valence-corrected chi connectivity index (χ1v) is 11.9. The SMILES string of the molecule is O=C1[C@@H](N2CCc3c(-c4ccc(F)c(Cl)c4)cccc32)CCN1c1ccc([SH](=O)=O)cc1. The van der Waals surface area contributed by atoms with E-state index in [0.717, 1.165) is 35.3 Å². The van der Waals surface area contributed by atoms with Crippen molar-refractivity contribution >= 4 is 39.6 Å². The van der Waals surface area contributed by atoms with E-state index in [4.69, 9.17) is 11.6 Å². The van der Waals surface area contributed by atoms with Crippen molar-refractivity contribution in [1.82, 2.24) is 0 Å². The van der Waals surface area contributed by atoms with Gasteiger partial charge in [-0.15, -0.1) is 0 Å². The van der Waals surface area contributed by atoms with Gasteiger partial charge in [-0.25, -0.2) is 12.8 Å². The number of hydrogen-bond acceptors (Lipinski definition) is 4. The number of hydrogen-bond donors (Lipinski definition) is 1. The summed E-state index contributed by atoms with van der Waals surface area (Å²) in [6.07, 6.45) is 1.47. The fraction of sp³-hybridized carbons (Fsp3) is 0.208. The van der Waals surface area contributed by atoms with Gasteiger partial charge in [0.2, 0.25) is 5.91 Å². The molecule has 0 N–H and O–H groups in total. The number of thiol groups is 1. The van der Waals surface area contributed by atoms with Crippen molar-refractivity contribution in [1.29, 1.82) is 0 Å². The van der Waals surface area contributed by atoms with Crippen LogP contribution in [0.15, 0.2) is 65.6 Å². The third kappa shape index (κ3) is 3.55. The Balaban J connectivity index is 1.42. The largest absolute Gasteiger partial charge is 0.359 e. The lowest BCUT2D eigenvalue weighted by Gasteiger charge is -2.26. The van der Waals surface area contributed by atoms with Gasteiger partial charge >= 0.3 is 0 Å². The van der Waals surface area contributed by atoms with E-state index in [0.29, 0.717) is 18.7 Å². The Kier molecular flexibility index (Phi) is 5.39. The van der Waals surface area contributed by atoms with Gasteiger partial charge in [0.25, 0.3) is 0 Å². The first kappa shape index (κ1) is 21.0. The third-order valence-electron chi connectivity index (χ3n) is 6.22. The predicted molar refractivity (Wildman–Crippen MR) is 124 cm³/mol. The Morgan fingerprint density at radius 1 is 1.00 bits per heavy atom. The number of benzene rings is 3. The second-order valence-corrected chi connectivity index (χ2v) is 9.38. The topological polar surface area (TPSA) is 57.7 Å². The van der Waals surface area contributed by atoms with Crippen molar-refractivity contribution in [3.8, 4) is 11.1 Å². The molecule has 1 fully saturated rings. The Labute approximate surface area is 192 Å². The van der Waals surface area contributed by atoms with E-state index in [-0.39, 0.29) is 21.9 Å². The molecule has 5 rings (SSSR count). The average molecular weight is 471 g/mol. The monoisotopic (exact) mass is 470 g/mol.